The van der Waals surface area contributed by atoms with Crippen LogP contribution in [0.1, 0.15) is 18.1 Å². The lowest BCUT2D eigenvalue weighted by atomic mass is 10.2. The van der Waals surface area contributed by atoms with Crippen molar-refractivity contribution in [2.24, 2.45) is 0 Å². The molecule has 2 aromatic rings. The molecule has 5 heteroatoms. The van der Waals surface area contributed by atoms with Gasteiger partial charge in [0.1, 0.15) is 5.25 Å². The lowest BCUT2D eigenvalue weighted by Crippen LogP contribution is -2.35. The summed E-state index contributed by atoms with van der Waals surface area (Å²) < 4.78 is 12.3. The number of carbonyl (C=O) groups excluding carboxylic acids is 1. The number of benzene rings is 2. The molecule has 1 amide bonds. The molecule has 0 bridgehead atoms. The van der Waals surface area contributed by atoms with Crippen LogP contribution in [0.25, 0.3) is 0 Å². The van der Waals surface area contributed by atoms with E-state index in [0.29, 0.717) is 17.3 Å². The van der Waals surface area contributed by atoms with Gasteiger partial charge in [-0.05, 0) is 30.2 Å². The zero-order valence-electron chi connectivity index (χ0n) is 12.3. The van der Waals surface area contributed by atoms with Crippen LogP contribution in [0.15, 0.2) is 54.6 Å². The van der Waals surface area contributed by atoms with E-state index in [2.05, 4.69) is 5.32 Å². The summed E-state index contributed by atoms with van der Waals surface area (Å²) in [5, 5.41) is 2.91. The van der Waals surface area contributed by atoms with Gasteiger partial charge in [-0.3, -0.25) is 9.00 Å². The van der Waals surface area contributed by atoms with Gasteiger partial charge in [-0.1, -0.05) is 54.1 Å². The predicted molar refractivity (Wildman–Crippen MR) is 91.0 cm³/mol. The molecule has 1 N–H and O–H groups in total. The minimum Gasteiger partial charge on any atom is -0.351 e. The zero-order valence-corrected chi connectivity index (χ0v) is 13.9. The van der Waals surface area contributed by atoms with Crippen molar-refractivity contribution in [1.29, 1.82) is 0 Å². The minimum atomic E-state index is -1.27. The fourth-order valence-electron chi connectivity index (χ4n) is 1.92. The second kappa shape index (κ2) is 8.11. The second-order valence-corrected chi connectivity index (χ2v) is 7.19. The Bertz CT molecular complexity index is 643. The fraction of sp³-hybridized carbons (Fsp3) is 0.235. The quantitative estimate of drug-likeness (QED) is 0.880. The van der Waals surface area contributed by atoms with Crippen LogP contribution in [0.3, 0.4) is 0 Å². The number of amides is 1. The van der Waals surface area contributed by atoms with Gasteiger partial charge in [0.05, 0.1) is 0 Å². The summed E-state index contributed by atoms with van der Waals surface area (Å²) >= 11 is 5.82. The van der Waals surface area contributed by atoms with E-state index >= 15 is 0 Å². The Hall–Kier alpha value is -1.65. The van der Waals surface area contributed by atoms with Gasteiger partial charge in [-0.25, -0.2) is 0 Å². The molecule has 0 radical (unpaired) electrons. The smallest absolute Gasteiger partial charge is 0.235 e. The van der Waals surface area contributed by atoms with E-state index in [9.17, 15) is 9.00 Å². The maximum absolute atomic E-state index is 12.3. The number of hydrogen-bond acceptors (Lipinski definition) is 2. The molecule has 0 aliphatic heterocycles. The number of nitrogens with one attached hydrogen (secondary N) is 1. The standard InChI is InChI=1S/C17H18ClNO2S/c1-13(17(20)19-11-14-5-3-2-4-6-14)22(21)12-15-7-9-16(18)10-8-15/h2-10,13H,11-12H2,1H3,(H,19,20)/t13-,22-/m1/s1. The second-order valence-electron chi connectivity index (χ2n) is 5.00. The Kier molecular flexibility index (Phi) is 6.16. The first-order valence-corrected chi connectivity index (χ1v) is 8.75. The minimum absolute atomic E-state index is 0.198. The molecule has 0 aliphatic rings. The number of halogens is 1. The van der Waals surface area contributed by atoms with Crippen LogP contribution < -0.4 is 5.32 Å². The van der Waals surface area contributed by atoms with Gasteiger partial charge in [0, 0.05) is 28.1 Å². The van der Waals surface area contributed by atoms with Crippen molar-refractivity contribution in [2.75, 3.05) is 0 Å². The van der Waals surface area contributed by atoms with Crippen LogP contribution in [-0.2, 0) is 27.9 Å². The molecule has 0 fully saturated rings. The molecule has 2 aromatic carbocycles. The average Bonchev–Trinajstić information content (AvgIpc) is 2.55. The highest BCUT2D eigenvalue weighted by molar-refractivity contribution is 7.85. The third kappa shape index (κ3) is 4.97. The highest BCUT2D eigenvalue weighted by Gasteiger charge is 2.19. The van der Waals surface area contributed by atoms with E-state index in [1.54, 1.807) is 19.1 Å². The van der Waals surface area contributed by atoms with Crippen LogP contribution >= 0.6 is 11.6 Å². The van der Waals surface area contributed by atoms with Gasteiger partial charge < -0.3 is 5.32 Å². The Labute approximate surface area is 138 Å². The zero-order chi connectivity index (χ0) is 15.9. The average molecular weight is 336 g/mol. The number of hydrogen-bond donors (Lipinski definition) is 1. The van der Waals surface area contributed by atoms with Gasteiger partial charge >= 0.3 is 0 Å². The molecule has 0 spiro atoms. The summed E-state index contributed by atoms with van der Waals surface area (Å²) in [4.78, 5) is 12.1. The Balaban J connectivity index is 1.86. The Morgan fingerprint density at radius 2 is 1.73 bits per heavy atom. The van der Waals surface area contributed by atoms with Crippen molar-refractivity contribution < 1.29 is 9.00 Å². The third-order valence-electron chi connectivity index (χ3n) is 3.30. The number of rotatable bonds is 6. The van der Waals surface area contributed by atoms with E-state index in [0.717, 1.165) is 11.1 Å². The molecule has 0 saturated carbocycles. The topological polar surface area (TPSA) is 46.2 Å². The molecule has 3 nitrogen and oxygen atoms in total. The summed E-state index contributed by atoms with van der Waals surface area (Å²) in [5.74, 6) is 0.146. The van der Waals surface area contributed by atoms with E-state index in [4.69, 9.17) is 11.6 Å². The summed E-state index contributed by atoms with van der Waals surface area (Å²) in [6, 6.07) is 16.8. The third-order valence-corrected chi connectivity index (χ3v) is 5.17. The van der Waals surface area contributed by atoms with Crippen LogP contribution in [0.2, 0.25) is 5.02 Å². The maximum Gasteiger partial charge on any atom is 0.235 e. The van der Waals surface area contributed by atoms with Crippen LogP contribution in [0.5, 0.6) is 0 Å². The first kappa shape index (κ1) is 16.7. The lowest BCUT2D eigenvalue weighted by molar-refractivity contribution is -0.120. The van der Waals surface area contributed by atoms with Gasteiger partial charge in [-0.2, -0.15) is 0 Å². The molecule has 0 saturated heterocycles. The molecule has 22 heavy (non-hydrogen) atoms. The summed E-state index contributed by atoms with van der Waals surface area (Å²) in [7, 11) is -1.27. The largest absolute Gasteiger partial charge is 0.351 e. The highest BCUT2D eigenvalue weighted by atomic mass is 35.5. The first-order chi connectivity index (χ1) is 10.6. The number of carbonyl (C=O) groups is 1. The lowest BCUT2D eigenvalue weighted by Gasteiger charge is -2.12. The normalized spacial score (nSPS) is 13.4. The van der Waals surface area contributed by atoms with E-state index in [-0.39, 0.29) is 5.91 Å². The van der Waals surface area contributed by atoms with Crippen molar-refractivity contribution in [3.63, 3.8) is 0 Å². The molecule has 0 unspecified atom stereocenters. The van der Waals surface area contributed by atoms with E-state index in [1.807, 2.05) is 42.5 Å². The maximum atomic E-state index is 12.3. The Morgan fingerprint density at radius 1 is 1.09 bits per heavy atom. The molecule has 0 aliphatic carbocycles. The van der Waals surface area contributed by atoms with Crippen molar-refractivity contribution in [2.45, 2.75) is 24.5 Å². The van der Waals surface area contributed by atoms with Crippen LogP contribution in [0.4, 0.5) is 0 Å². The highest BCUT2D eigenvalue weighted by Crippen LogP contribution is 2.12. The van der Waals surface area contributed by atoms with Crippen molar-refractivity contribution in [3.05, 3.63) is 70.7 Å². The summed E-state index contributed by atoms with van der Waals surface area (Å²) in [5.41, 5.74) is 1.93. The molecule has 2 atom stereocenters. The molecular weight excluding hydrogens is 318 g/mol. The predicted octanol–water partition coefficient (Wildman–Crippen LogP) is 3.29. The van der Waals surface area contributed by atoms with Crippen molar-refractivity contribution in [1.82, 2.24) is 5.32 Å². The summed E-state index contributed by atoms with van der Waals surface area (Å²) in [6.07, 6.45) is 0. The van der Waals surface area contributed by atoms with Gasteiger partial charge in [0.2, 0.25) is 5.91 Å². The van der Waals surface area contributed by atoms with Crippen molar-refractivity contribution >= 4 is 28.3 Å². The summed E-state index contributed by atoms with van der Waals surface area (Å²) in [6.45, 7) is 2.13. The van der Waals surface area contributed by atoms with Gasteiger partial charge in [0.25, 0.3) is 0 Å². The van der Waals surface area contributed by atoms with E-state index in [1.165, 1.54) is 0 Å². The first-order valence-electron chi connectivity index (χ1n) is 6.99. The van der Waals surface area contributed by atoms with Gasteiger partial charge in [0.15, 0.2) is 0 Å². The molecular formula is C17H18ClNO2S. The van der Waals surface area contributed by atoms with Crippen LogP contribution in [-0.4, -0.2) is 15.4 Å². The monoisotopic (exact) mass is 335 g/mol. The van der Waals surface area contributed by atoms with E-state index < -0.39 is 16.0 Å². The van der Waals surface area contributed by atoms with Crippen LogP contribution in [0, 0.1) is 0 Å². The Morgan fingerprint density at radius 3 is 2.36 bits per heavy atom. The molecule has 2 rings (SSSR count). The fourth-order valence-corrected chi connectivity index (χ4v) is 3.14. The molecule has 116 valence electrons. The molecule has 0 heterocycles. The van der Waals surface area contributed by atoms with Gasteiger partial charge in [-0.15, -0.1) is 0 Å². The molecule has 0 aromatic heterocycles. The van der Waals surface area contributed by atoms with Crippen molar-refractivity contribution in [3.8, 4) is 0 Å². The SMILES string of the molecule is C[C@H](C(=O)NCc1ccccc1)[S@](=O)Cc1ccc(Cl)cc1.